The summed E-state index contributed by atoms with van der Waals surface area (Å²) >= 11 is 0. The Morgan fingerprint density at radius 3 is 2.66 bits per heavy atom. The third-order valence-corrected chi connectivity index (χ3v) is 5.06. The molecule has 0 aliphatic heterocycles. The van der Waals surface area contributed by atoms with Gasteiger partial charge in [-0.1, -0.05) is 36.4 Å². The number of hydrogen-bond donors (Lipinski definition) is 2. The fraction of sp³-hybridized carbons (Fsp3) is 0.200. The molecule has 2 aromatic heterocycles. The molecule has 1 unspecified atom stereocenters. The molecule has 0 saturated carbocycles. The Balaban J connectivity index is 1.51. The molecule has 7 nitrogen and oxygen atoms in total. The Kier molecular flexibility index (Phi) is 6.49. The molecule has 4 aromatic rings. The molecule has 0 spiro atoms. The van der Waals surface area contributed by atoms with Crippen molar-refractivity contribution in [2.24, 2.45) is 0 Å². The van der Waals surface area contributed by atoms with Crippen LogP contribution in [0.25, 0.3) is 22.3 Å². The Morgan fingerprint density at radius 2 is 1.91 bits per heavy atom. The van der Waals surface area contributed by atoms with Crippen LogP contribution in [-0.4, -0.2) is 30.3 Å². The average molecular weight is 433 g/mol. The van der Waals surface area contributed by atoms with Crippen molar-refractivity contribution in [3.8, 4) is 11.3 Å². The largest absolute Gasteiger partial charge is 0.467 e. The van der Waals surface area contributed by atoms with E-state index in [1.165, 1.54) is 0 Å². The third-order valence-electron chi connectivity index (χ3n) is 5.06. The minimum atomic E-state index is -0.905. The van der Waals surface area contributed by atoms with Crippen LogP contribution in [0.3, 0.4) is 0 Å². The molecule has 4 rings (SSSR count). The zero-order valence-corrected chi connectivity index (χ0v) is 17.5. The van der Waals surface area contributed by atoms with E-state index in [0.29, 0.717) is 22.5 Å². The van der Waals surface area contributed by atoms with Gasteiger partial charge in [0.1, 0.15) is 18.1 Å². The van der Waals surface area contributed by atoms with Crippen molar-refractivity contribution in [2.45, 2.75) is 19.6 Å². The summed E-state index contributed by atoms with van der Waals surface area (Å²) in [5, 5.41) is 13.1. The molecule has 0 aliphatic rings. The van der Waals surface area contributed by atoms with E-state index in [9.17, 15) is 14.7 Å². The van der Waals surface area contributed by atoms with E-state index >= 15 is 0 Å². The van der Waals surface area contributed by atoms with Gasteiger partial charge in [0.2, 0.25) is 0 Å². The smallest absolute Gasteiger partial charge is 0.255 e. The molecule has 164 valence electrons. The number of carbonyl (C=O) groups is 1. The molecular weight excluding hydrogens is 410 g/mol. The first kappa shape index (κ1) is 21.5. The molecule has 1 amide bonds. The molecule has 0 bridgehead atoms. The second-order valence-electron chi connectivity index (χ2n) is 7.39. The highest BCUT2D eigenvalue weighted by molar-refractivity contribution is 6.05. The van der Waals surface area contributed by atoms with Gasteiger partial charge in [0, 0.05) is 17.7 Å². The zero-order valence-electron chi connectivity index (χ0n) is 17.5. The van der Waals surface area contributed by atoms with Crippen LogP contribution in [0, 0.1) is 6.92 Å². The van der Waals surface area contributed by atoms with Crippen molar-refractivity contribution in [3.63, 3.8) is 0 Å². The number of rotatable bonds is 8. The summed E-state index contributed by atoms with van der Waals surface area (Å²) in [7, 11) is 0. The van der Waals surface area contributed by atoms with Gasteiger partial charge < -0.3 is 24.0 Å². The third kappa shape index (κ3) is 4.64. The zero-order chi connectivity index (χ0) is 22.5. The number of fused-ring (bicyclic) bond motifs is 1. The lowest BCUT2D eigenvalue weighted by molar-refractivity contribution is 0.0225. The standard InChI is InChI=1S/C25H23NO6/c1-16-22(28)20-10-5-11-21(24(20)32-23(16)17-7-3-2-4-8-17)25(29)26-13-18(27)14-30-15-19-9-6-12-31-19/h2-12,18,27H,13-15H2,1H3,(H,26,29). The van der Waals surface area contributed by atoms with E-state index in [4.69, 9.17) is 13.6 Å². The van der Waals surface area contributed by atoms with Gasteiger partial charge >= 0.3 is 0 Å². The van der Waals surface area contributed by atoms with Gasteiger partial charge in [-0.25, -0.2) is 0 Å². The first-order valence-corrected chi connectivity index (χ1v) is 10.2. The predicted molar refractivity (Wildman–Crippen MR) is 119 cm³/mol. The fourth-order valence-electron chi connectivity index (χ4n) is 3.41. The van der Waals surface area contributed by atoms with Crippen molar-refractivity contribution in [2.75, 3.05) is 13.2 Å². The van der Waals surface area contributed by atoms with Gasteiger partial charge in [0.25, 0.3) is 5.91 Å². The molecule has 1 atom stereocenters. The lowest BCUT2D eigenvalue weighted by atomic mass is 10.0. The number of carbonyl (C=O) groups excluding carboxylic acids is 1. The second kappa shape index (κ2) is 9.64. The van der Waals surface area contributed by atoms with Crippen molar-refractivity contribution in [1.29, 1.82) is 0 Å². The fourth-order valence-corrected chi connectivity index (χ4v) is 3.41. The van der Waals surface area contributed by atoms with Gasteiger partial charge in [-0.3, -0.25) is 9.59 Å². The molecule has 0 aliphatic carbocycles. The van der Waals surface area contributed by atoms with E-state index in [-0.39, 0.29) is 36.3 Å². The van der Waals surface area contributed by atoms with Crippen LogP contribution in [-0.2, 0) is 11.3 Å². The molecule has 0 fully saturated rings. The summed E-state index contributed by atoms with van der Waals surface area (Å²) in [6.07, 6.45) is 0.640. The molecule has 2 N–H and O–H groups in total. The van der Waals surface area contributed by atoms with E-state index in [1.807, 2.05) is 30.3 Å². The minimum Gasteiger partial charge on any atom is -0.467 e. The normalized spacial score (nSPS) is 12.1. The van der Waals surface area contributed by atoms with Crippen LogP contribution in [0.2, 0.25) is 0 Å². The van der Waals surface area contributed by atoms with Crippen molar-refractivity contribution in [3.05, 3.63) is 94.0 Å². The summed E-state index contributed by atoms with van der Waals surface area (Å²) < 4.78 is 16.6. The maximum absolute atomic E-state index is 12.9. The van der Waals surface area contributed by atoms with Crippen molar-refractivity contribution >= 4 is 16.9 Å². The lowest BCUT2D eigenvalue weighted by Crippen LogP contribution is -2.34. The molecule has 0 radical (unpaired) electrons. The summed E-state index contributed by atoms with van der Waals surface area (Å²) in [6, 6.07) is 17.7. The number of hydrogen-bond acceptors (Lipinski definition) is 6. The Hall–Kier alpha value is -3.68. The number of para-hydroxylation sites is 1. The van der Waals surface area contributed by atoms with Crippen LogP contribution < -0.4 is 10.7 Å². The molecule has 32 heavy (non-hydrogen) atoms. The van der Waals surface area contributed by atoms with E-state index in [2.05, 4.69) is 5.32 Å². The summed E-state index contributed by atoms with van der Waals surface area (Å²) in [5.74, 6) is 0.623. The first-order chi connectivity index (χ1) is 15.5. The molecule has 7 heteroatoms. The second-order valence-corrected chi connectivity index (χ2v) is 7.39. The monoisotopic (exact) mass is 433 g/mol. The highest BCUT2D eigenvalue weighted by atomic mass is 16.5. The summed E-state index contributed by atoms with van der Waals surface area (Å²) in [5.41, 5.74) is 1.48. The number of aliphatic hydroxyl groups is 1. The van der Waals surface area contributed by atoms with Gasteiger partial charge in [-0.05, 0) is 31.2 Å². The number of nitrogens with one attached hydrogen (secondary N) is 1. The number of aliphatic hydroxyl groups excluding tert-OH is 1. The quantitative estimate of drug-likeness (QED) is 0.440. The Morgan fingerprint density at radius 1 is 1.09 bits per heavy atom. The van der Waals surface area contributed by atoms with Crippen LogP contribution in [0.1, 0.15) is 21.7 Å². The van der Waals surface area contributed by atoms with Crippen LogP contribution in [0.15, 0.2) is 80.6 Å². The number of benzene rings is 2. The first-order valence-electron chi connectivity index (χ1n) is 10.2. The number of furan rings is 1. The van der Waals surface area contributed by atoms with Crippen molar-refractivity contribution in [1.82, 2.24) is 5.32 Å². The highest BCUT2D eigenvalue weighted by Crippen LogP contribution is 2.27. The maximum atomic E-state index is 12.9. The van der Waals surface area contributed by atoms with Gasteiger partial charge in [-0.2, -0.15) is 0 Å². The summed E-state index contributed by atoms with van der Waals surface area (Å²) in [6.45, 7) is 1.95. The maximum Gasteiger partial charge on any atom is 0.255 e. The van der Waals surface area contributed by atoms with Crippen LogP contribution >= 0.6 is 0 Å². The number of amides is 1. The number of ether oxygens (including phenoxy) is 1. The van der Waals surface area contributed by atoms with Crippen LogP contribution in [0.4, 0.5) is 0 Å². The highest BCUT2D eigenvalue weighted by Gasteiger charge is 2.19. The SMILES string of the molecule is Cc1c(-c2ccccc2)oc2c(C(=O)NCC(O)COCc3ccco3)cccc2c1=O. The van der Waals surface area contributed by atoms with E-state index in [0.717, 1.165) is 5.56 Å². The molecule has 2 aromatic carbocycles. The Bertz CT molecular complexity index is 1260. The van der Waals surface area contributed by atoms with Gasteiger partial charge in [-0.15, -0.1) is 0 Å². The van der Waals surface area contributed by atoms with E-state index in [1.54, 1.807) is 43.5 Å². The van der Waals surface area contributed by atoms with Gasteiger partial charge in [0.05, 0.1) is 29.9 Å². The van der Waals surface area contributed by atoms with Crippen LogP contribution in [0.5, 0.6) is 0 Å². The Labute approximate surface area is 184 Å². The molecule has 2 heterocycles. The molecule has 0 saturated heterocycles. The average Bonchev–Trinajstić information content (AvgIpc) is 3.33. The van der Waals surface area contributed by atoms with Gasteiger partial charge in [0.15, 0.2) is 11.0 Å². The molecular formula is C25H23NO6. The van der Waals surface area contributed by atoms with E-state index < -0.39 is 12.0 Å². The lowest BCUT2D eigenvalue weighted by Gasteiger charge is -2.13. The minimum absolute atomic E-state index is 0.0188. The van der Waals surface area contributed by atoms with Crippen molar-refractivity contribution < 1.29 is 23.5 Å². The topological polar surface area (TPSA) is 102 Å². The predicted octanol–water partition coefficient (Wildman–Crippen LogP) is 3.67. The summed E-state index contributed by atoms with van der Waals surface area (Å²) in [4.78, 5) is 25.8.